The summed E-state index contributed by atoms with van der Waals surface area (Å²) in [6, 6.07) is 13.5. The van der Waals surface area contributed by atoms with Crippen LogP contribution in [0.4, 0.5) is 5.69 Å². The summed E-state index contributed by atoms with van der Waals surface area (Å²) < 4.78 is 11.2. The van der Waals surface area contributed by atoms with Crippen LogP contribution in [-0.4, -0.2) is 30.6 Å². The Morgan fingerprint density at radius 2 is 1.91 bits per heavy atom. The van der Waals surface area contributed by atoms with Gasteiger partial charge in [0.05, 0.1) is 5.56 Å². The second kappa shape index (κ2) is 5.50. The average Bonchev–Trinajstić information content (AvgIpc) is 2.61. The van der Waals surface area contributed by atoms with Crippen LogP contribution >= 0.6 is 0 Å². The van der Waals surface area contributed by atoms with Gasteiger partial charge in [-0.15, -0.1) is 0 Å². The van der Waals surface area contributed by atoms with Crippen molar-refractivity contribution in [1.29, 1.82) is 0 Å². The number of carbonyl (C=O) groups excluding carboxylic acids is 1. The number of anilines is 1. The number of hydrogen-bond acceptors (Lipinski definition) is 4. The lowest BCUT2D eigenvalue weighted by atomic mass is 10.0. The molecule has 2 aromatic carbocycles. The lowest BCUT2D eigenvalue weighted by molar-refractivity contribution is 0.0694. The minimum atomic E-state index is -0.210. The van der Waals surface area contributed by atoms with Crippen LogP contribution in [0.3, 0.4) is 0 Å². The largest absolute Gasteiger partial charge is 0.486 e. The van der Waals surface area contributed by atoms with Crippen molar-refractivity contribution in [2.45, 2.75) is 13.1 Å². The number of hydrogen-bond donors (Lipinski definition) is 1. The van der Waals surface area contributed by atoms with Gasteiger partial charge in [-0.1, -0.05) is 18.2 Å². The number of benzene rings is 2. The number of rotatable bonds is 2. The van der Waals surface area contributed by atoms with Crippen molar-refractivity contribution in [3.63, 3.8) is 0 Å². The maximum atomic E-state index is 12.8. The average molecular weight is 310 g/mol. The normalized spacial score (nSPS) is 19.1. The van der Waals surface area contributed by atoms with E-state index in [0.29, 0.717) is 25.3 Å². The molecule has 1 atom stereocenters. The number of carbonyl (C=O) groups is 1. The first kappa shape index (κ1) is 13.9. The quantitative estimate of drug-likeness (QED) is 0.926. The summed E-state index contributed by atoms with van der Waals surface area (Å²) in [4.78, 5) is 14.6. The summed E-state index contributed by atoms with van der Waals surface area (Å²) in [5, 5.41) is 3.46. The Kier molecular flexibility index (Phi) is 3.33. The third kappa shape index (κ3) is 2.29. The fourth-order valence-electron chi connectivity index (χ4n) is 3.11. The van der Waals surface area contributed by atoms with Crippen LogP contribution in [0.2, 0.25) is 0 Å². The summed E-state index contributed by atoms with van der Waals surface area (Å²) in [7, 11) is 0. The van der Waals surface area contributed by atoms with Crippen molar-refractivity contribution in [2.75, 3.05) is 25.1 Å². The Morgan fingerprint density at radius 3 is 2.74 bits per heavy atom. The minimum absolute atomic E-state index is 0.0433. The van der Waals surface area contributed by atoms with Crippen molar-refractivity contribution < 1.29 is 14.3 Å². The first-order valence-corrected chi connectivity index (χ1v) is 7.84. The van der Waals surface area contributed by atoms with E-state index in [9.17, 15) is 4.79 Å². The number of fused-ring (bicyclic) bond motifs is 2. The number of amides is 1. The maximum absolute atomic E-state index is 12.8. The van der Waals surface area contributed by atoms with E-state index in [2.05, 4.69) is 5.32 Å². The molecular weight excluding hydrogens is 292 g/mol. The molecule has 2 aliphatic heterocycles. The van der Waals surface area contributed by atoms with Crippen LogP contribution in [0.25, 0.3) is 0 Å². The van der Waals surface area contributed by atoms with Gasteiger partial charge in [0.15, 0.2) is 11.5 Å². The first-order valence-electron chi connectivity index (χ1n) is 7.84. The molecule has 0 spiro atoms. The molecule has 2 aromatic rings. The van der Waals surface area contributed by atoms with E-state index in [4.69, 9.17) is 9.47 Å². The van der Waals surface area contributed by atoms with Crippen LogP contribution in [0.5, 0.6) is 11.5 Å². The summed E-state index contributed by atoms with van der Waals surface area (Å²) in [5.74, 6) is 1.53. The highest BCUT2D eigenvalue weighted by molar-refractivity contribution is 6.01. The molecule has 4 rings (SSSR count). The van der Waals surface area contributed by atoms with E-state index >= 15 is 0 Å². The molecule has 0 aliphatic carbocycles. The summed E-state index contributed by atoms with van der Waals surface area (Å²) >= 11 is 0. The topological polar surface area (TPSA) is 50.8 Å². The number of ether oxygens (including phenoxy) is 2. The Morgan fingerprint density at radius 1 is 1.13 bits per heavy atom. The summed E-state index contributed by atoms with van der Waals surface area (Å²) in [6.07, 6.45) is -0.210. The van der Waals surface area contributed by atoms with Gasteiger partial charge in [0.1, 0.15) is 19.4 Å². The molecule has 23 heavy (non-hydrogen) atoms. The van der Waals surface area contributed by atoms with Gasteiger partial charge >= 0.3 is 0 Å². The Balaban J connectivity index is 1.74. The molecule has 1 amide bonds. The van der Waals surface area contributed by atoms with Crippen LogP contribution in [0.15, 0.2) is 42.5 Å². The molecule has 5 nitrogen and oxygen atoms in total. The van der Waals surface area contributed by atoms with E-state index in [1.807, 2.05) is 54.3 Å². The molecule has 5 heteroatoms. The van der Waals surface area contributed by atoms with E-state index in [1.165, 1.54) is 0 Å². The van der Waals surface area contributed by atoms with Crippen molar-refractivity contribution in [3.8, 4) is 11.5 Å². The molecule has 0 bridgehead atoms. The van der Waals surface area contributed by atoms with Crippen LogP contribution in [0.1, 0.15) is 29.0 Å². The van der Waals surface area contributed by atoms with Crippen molar-refractivity contribution in [2.24, 2.45) is 0 Å². The van der Waals surface area contributed by atoms with Crippen molar-refractivity contribution in [1.82, 2.24) is 4.90 Å². The van der Waals surface area contributed by atoms with E-state index in [1.54, 1.807) is 0 Å². The van der Waals surface area contributed by atoms with E-state index in [-0.39, 0.29) is 12.1 Å². The zero-order chi connectivity index (χ0) is 15.8. The molecule has 118 valence electrons. The van der Waals surface area contributed by atoms with Gasteiger partial charge in [0.2, 0.25) is 0 Å². The molecule has 0 saturated carbocycles. The van der Waals surface area contributed by atoms with Gasteiger partial charge in [0, 0.05) is 12.2 Å². The molecule has 0 saturated heterocycles. The van der Waals surface area contributed by atoms with Crippen molar-refractivity contribution >= 4 is 11.6 Å². The zero-order valence-electron chi connectivity index (χ0n) is 12.9. The minimum Gasteiger partial charge on any atom is -0.486 e. The van der Waals surface area contributed by atoms with Gasteiger partial charge < -0.3 is 19.7 Å². The van der Waals surface area contributed by atoms with Crippen LogP contribution in [-0.2, 0) is 0 Å². The molecule has 2 aliphatic rings. The third-order valence-corrected chi connectivity index (χ3v) is 4.24. The van der Waals surface area contributed by atoms with E-state index < -0.39 is 0 Å². The predicted molar refractivity (Wildman–Crippen MR) is 86.9 cm³/mol. The smallest absolute Gasteiger partial charge is 0.257 e. The number of nitrogens with one attached hydrogen (secondary N) is 1. The van der Waals surface area contributed by atoms with Gasteiger partial charge in [-0.2, -0.15) is 0 Å². The second-order valence-electron chi connectivity index (χ2n) is 5.59. The standard InChI is InChI=1S/C18H18N2O3/c1-2-20-17(19-14-6-4-3-5-13(14)18(20)21)12-7-8-15-16(11-12)23-10-9-22-15/h3-8,11,17,19H,2,9-10H2,1H3/t17-/m1/s1. The Labute approximate surface area is 134 Å². The predicted octanol–water partition coefficient (Wildman–Crippen LogP) is 3.04. The van der Waals surface area contributed by atoms with Crippen molar-refractivity contribution in [3.05, 3.63) is 53.6 Å². The first-order chi connectivity index (χ1) is 11.3. The molecule has 2 heterocycles. The highest BCUT2D eigenvalue weighted by Crippen LogP contribution is 2.37. The molecule has 0 unspecified atom stereocenters. The van der Waals surface area contributed by atoms with Gasteiger partial charge in [-0.3, -0.25) is 4.79 Å². The lowest BCUT2D eigenvalue weighted by Crippen LogP contribution is -2.42. The monoisotopic (exact) mass is 310 g/mol. The van der Waals surface area contributed by atoms with Gasteiger partial charge in [-0.05, 0) is 36.8 Å². The Hall–Kier alpha value is -2.69. The number of para-hydroxylation sites is 1. The van der Waals surface area contributed by atoms with Gasteiger partial charge in [-0.25, -0.2) is 0 Å². The SMILES string of the molecule is CCN1C(=O)c2ccccc2N[C@H]1c1ccc2c(c1)OCCO2. The fraction of sp³-hybridized carbons (Fsp3) is 0.278. The summed E-state index contributed by atoms with van der Waals surface area (Å²) in [5.41, 5.74) is 2.56. The fourth-order valence-corrected chi connectivity index (χ4v) is 3.11. The van der Waals surface area contributed by atoms with E-state index in [0.717, 1.165) is 22.7 Å². The molecule has 0 fully saturated rings. The summed E-state index contributed by atoms with van der Waals surface area (Å²) in [6.45, 7) is 3.73. The van der Waals surface area contributed by atoms with Crippen LogP contribution < -0.4 is 14.8 Å². The maximum Gasteiger partial charge on any atom is 0.257 e. The van der Waals surface area contributed by atoms with Crippen LogP contribution in [0, 0.1) is 0 Å². The molecular formula is C18H18N2O3. The zero-order valence-corrected chi connectivity index (χ0v) is 12.9. The highest BCUT2D eigenvalue weighted by atomic mass is 16.6. The number of nitrogens with zero attached hydrogens (tertiary/aromatic N) is 1. The Bertz CT molecular complexity index is 760. The molecule has 0 radical (unpaired) electrons. The third-order valence-electron chi connectivity index (χ3n) is 4.24. The molecule has 1 N–H and O–H groups in total. The lowest BCUT2D eigenvalue weighted by Gasteiger charge is -2.37. The van der Waals surface area contributed by atoms with Gasteiger partial charge in [0.25, 0.3) is 5.91 Å². The molecule has 0 aromatic heterocycles. The second-order valence-corrected chi connectivity index (χ2v) is 5.59. The highest BCUT2D eigenvalue weighted by Gasteiger charge is 2.32.